The predicted octanol–water partition coefficient (Wildman–Crippen LogP) is 2.90. The number of likely N-dealkylation sites (tertiary alicyclic amines) is 1. The molecule has 1 aromatic rings. The maximum Gasteiger partial charge on any atom is 0.0587 e. The maximum atomic E-state index is 6.17. The summed E-state index contributed by atoms with van der Waals surface area (Å²) in [5.74, 6) is 0. The summed E-state index contributed by atoms with van der Waals surface area (Å²) in [5, 5.41) is 6.54. The third kappa shape index (κ3) is 3.20. The molecule has 0 atom stereocenters. The number of thiophene rings is 1. The van der Waals surface area contributed by atoms with Crippen molar-refractivity contribution in [3.05, 3.63) is 20.8 Å². The van der Waals surface area contributed by atoms with Gasteiger partial charge in [0.05, 0.1) is 5.02 Å². The Morgan fingerprint density at radius 3 is 2.81 bits per heavy atom. The van der Waals surface area contributed by atoms with Crippen LogP contribution >= 0.6 is 22.9 Å². The number of rotatable bonds is 5. The van der Waals surface area contributed by atoms with Crippen molar-refractivity contribution in [1.82, 2.24) is 10.2 Å². The van der Waals surface area contributed by atoms with E-state index in [9.17, 15) is 0 Å². The molecule has 0 radical (unpaired) electrons. The van der Waals surface area contributed by atoms with E-state index in [4.69, 9.17) is 11.6 Å². The zero-order valence-corrected chi connectivity index (χ0v) is 11.3. The fourth-order valence-corrected chi connectivity index (χ4v) is 3.25. The molecule has 1 saturated heterocycles. The van der Waals surface area contributed by atoms with Crippen LogP contribution in [0.4, 0.5) is 0 Å². The molecule has 0 saturated carbocycles. The van der Waals surface area contributed by atoms with E-state index in [1.165, 1.54) is 42.9 Å². The van der Waals surface area contributed by atoms with Gasteiger partial charge in [0.25, 0.3) is 0 Å². The van der Waals surface area contributed by atoms with Crippen LogP contribution in [0.1, 0.15) is 23.3 Å². The van der Waals surface area contributed by atoms with Crippen LogP contribution in [0.3, 0.4) is 0 Å². The number of halogens is 1. The highest BCUT2D eigenvalue weighted by atomic mass is 35.5. The number of hydrogen-bond donors (Lipinski definition) is 1. The second-order valence-electron chi connectivity index (χ2n) is 4.38. The molecule has 1 aliphatic rings. The van der Waals surface area contributed by atoms with Gasteiger partial charge in [-0.1, -0.05) is 11.6 Å². The van der Waals surface area contributed by atoms with Gasteiger partial charge in [0.1, 0.15) is 0 Å². The molecule has 1 aliphatic heterocycles. The molecular weight excluding hydrogens is 240 g/mol. The monoisotopic (exact) mass is 258 g/mol. The van der Waals surface area contributed by atoms with Gasteiger partial charge in [-0.2, -0.15) is 0 Å². The molecule has 1 N–H and O–H groups in total. The molecule has 0 bridgehead atoms. The lowest BCUT2D eigenvalue weighted by atomic mass is 10.3. The van der Waals surface area contributed by atoms with E-state index in [1.807, 2.05) is 0 Å². The summed E-state index contributed by atoms with van der Waals surface area (Å²) >= 11 is 7.93. The zero-order chi connectivity index (χ0) is 11.4. The smallest absolute Gasteiger partial charge is 0.0587 e. The summed E-state index contributed by atoms with van der Waals surface area (Å²) in [6, 6.07) is 0. The number of hydrogen-bond acceptors (Lipinski definition) is 3. The Labute approximate surface area is 107 Å². The van der Waals surface area contributed by atoms with Crippen LogP contribution in [0.15, 0.2) is 5.38 Å². The molecule has 0 spiro atoms. The summed E-state index contributed by atoms with van der Waals surface area (Å²) in [5.41, 5.74) is 1.20. The first kappa shape index (κ1) is 12.4. The van der Waals surface area contributed by atoms with Gasteiger partial charge < -0.3 is 10.2 Å². The van der Waals surface area contributed by atoms with Gasteiger partial charge in [-0.25, -0.2) is 0 Å². The normalized spacial score (nSPS) is 17.1. The lowest BCUT2D eigenvalue weighted by molar-refractivity contribution is 0.336. The van der Waals surface area contributed by atoms with E-state index >= 15 is 0 Å². The van der Waals surface area contributed by atoms with E-state index in [0.29, 0.717) is 0 Å². The minimum atomic E-state index is 0.908. The van der Waals surface area contributed by atoms with Crippen molar-refractivity contribution < 1.29 is 0 Å². The van der Waals surface area contributed by atoms with Crippen LogP contribution in [-0.4, -0.2) is 31.1 Å². The molecule has 4 heteroatoms. The quantitative estimate of drug-likeness (QED) is 0.817. The molecule has 2 nitrogen and oxygen atoms in total. The second kappa shape index (κ2) is 6.01. The molecule has 1 fully saturated rings. The van der Waals surface area contributed by atoms with E-state index < -0.39 is 0 Å². The number of nitrogens with zero attached hydrogens (tertiary/aromatic N) is 1. The van der Waals surface area contributed by atoms with E-state index in [0.717, 1.165) is 18.1 Å². The molecule has 16 heavy (non-hydrogen) atoms. The Morgan fingerprint density at radius 2 is 2.19 bits per heavy atom. The second-order valence-corrected chi connectivity index (χ2v) is 5.72. The van der Waals surface area contributed by atoms with Crippen molar-refractivity contribution in [2.75, 3.05) is 26.2 Å². The third-order valence-electron chi connectivity index (χ3n) is 3.06. The van der Waals surface area contributed by atoms with Gasteiger partial charge in [0, 0.05) is 24.5 Å². The lowest BCUT2D eigenvalue weighted by Gasteiger charge is -2.14. The highest BCUT2D eigenvalue weighted by Gasteiger charge is 2.10. The topological polar surface area (TPSA) is 15.3 Å². The number of nitrogens with one attached hydrogen (secondary N) is 1. The molecular formula is C12H19ClN2S. The van der Waals surface area contributed by atoms with Gasteiger partial charge in [-0.3, -0.25) is 0 Å². The van der Waals surface area contributed by atoms with Crippen molar-refractivity contribution in [1.29, 1.82) is 0 Å². The molecule has 0 unspecified atom stereocenters. The van der Waals surface area contributed by atoms with Gasteiger partial charge >= 0.3 is 0 Å². The average Bonchev–Trinajstić information content (AvgIpc) is 2.88. The van der Waals surface area contributed by atoms with Crippen LogP contribution in [0, 0.1) is 6.92 Å². The van der Waals surface area contributed by atoms with Crippen LogP contribution in [-0.2, 0) is 6.54 Å². The third-order valence-corrected chi connectivity index (χ3v) is 4.80. The fourth-order valence-electron chi connectivity index (χ4n) is 2.05. The van der Waals surface area contributed by atoms with Crippen molar-refractivity contribution in [2.24, 2.45) is 0 Å². The van der Waals surface area contributed by atoms with Crippen molar-refractivity contribution in [2.45, 2.75) is 26.3 Å². The van der Waals surface area contributed by atoms with E-state index in [2.05, 4.69) is 22.5 Å². The molecule has 2 rings (SSSR count). The van der Waals surface area contributed by atoms with Gasteiger partial charge in [-0.15, -0.1) is 11.3 Å². The van der Waals surface area contributed by atoms with Crippen molar-refractivity contribution in [3.63, 3.8) is 0 Å². The minimum Gasteiger partial charge on any atom is -0.311 e. The summed E-state index contributed by atoms with van der Waals surface area (Å²) in [6.45, 7) is 7.76. The Hall–Kier alpha value is -0.0900. The Morgan fingerprint density at radius 1 is 1.44 bits per heavy atom. The van der Waals surface area contributed by atoms with Crippen LogP contribution in [0.5, 0.6) is 0 Å². The van der Waals surface area contributed by atoms with Crippen LogP contribution in [0.2, 0.25) is 5.02 Å². The molecule has 0 aliphatic carbocycles. The summed E-state index contributed by atoms with van der Waals surface area (Å²) in [7, 11) is 0. The van der Waals surface area contributed by atoms with Crippen molar-refractivity contribution in [3.8, 4) is 0 Å². The first-order valence-corrected chi connectivity index (χ1v) is 7.18. The SMILES string of the molecule is Cc1csc(CNCCN2CCCC2)c1Cl. The highest BCUT2D eigenvalue weighted by molar-refractivity contribution is 7.10. The molecule has 0 aromatic carbocycles. The summed E-state index contributed by atoms with van der Waals surface area (Å²) in [4.78, 5) is 3.79. The zero-order valence-electron chi connectivity index (χ0n) is 9.76. The number of aryl methyl sites for hydroxylation is 1. The molecule has 2 heterocycles. The summed E-state index contributed by atoms with van der Waals surface area (Å²) in [6.07, 6.45) is 2.74. The van der Waals surface area contributed by atoms with E-state index in [-0.39, 0.29) is 0 Å². The van der Waals surface area contributed by atoms with Crippen LogP contribution < -0.4 is 5.32 Å². The fraction of sp³-hybridized carbons (Fsp3) is 0.667. The molecule has 1 aromatic heterocycles. The Bertz CT molecular complexity index is 332. The first-order chi connectivity index (χ1) is 7.77. The highest BCUT2D eigenvalue weighted by Crippen LogP contribution is 2.26. The minimum absolute atomic E-state index is 0.908. The van der Waals surface area contributed by atoms with Crippen molar-refractivity contribution >= 4 is 22.9 Å². The van der Waals surface area contributed by atoms with Gasteiger partial charge in [0.2, 0.25) is 0 Å². The maximum absolute atomic E-state index is 6.17. The Balaban J connectivity index is 1.66. The predicted molar refractivity (Wildman–Crippen MR) is 71.4 cm³/mol. The summed E-state index contributed by atoms with van der Waals surface area (Å²) < 4.78 is 0. The lowest BCUT2D eigenvalue weighted by Crippen LogP contribution is -2.29. The average molecular weight is 259 g/mol. The van der Waals surface area contributed by atoms with E-state index in [1.54, 1.807) is 11.3 Å². The molecule has 90 valence electrons. The standard InChI is InChI=1S/C12H19ClN2S/c1-10-9-16-11(12(10)13)8-14-4-7-15-5-2-3-6-15/h9,14H,2-8H2,1H3. The van der Waals surface area contributed by atoms with Crippen LogP contribution in [0.25, 0.3) is 0 Å². The Kier molecular flexibility index (Phi) is 4.65. The largest absolute Gasteiger partial charge is 0.311 e. The first-order valence-electron chi connectivity index (χ1n) is 5.93. The molecule has 0 amide bonds. The van der Waals surface area contributed by atoms with Gasteiger partial charge in [0.15, 0.2) is 0 Å². The van der Waals surface area contributed by atoms with Gasteiger partial charge in [-0.05, 0) is 43.8 Å².